The number of amides is 2. The Labute approximate surface area is 178 Å². The van der Waals surface area contributed by atoms with Crippen molar-refractivity contribution in [1.29, 1.82) is 0 Å². The van der Waals surface area contributed by atoms with Crippen LogP contribution in [0.1, 0.15) is 28.8 Å². The molecule has 1 aromatic heterocycles. The van der Waals surface area contributed by atoms with Gasteiger partial charge in [0.15, 0.2) is 0 Å². The summed E-state index contributed by atoms with van der Waals surface area (Å²) in [6.45, 7) is 1.91. The average Bonchev–Trinajstić information content (AvgIpc) is 3.03. The Kier molecular flexibility index (Phi) is 4.43. The molecule has 2 amide bonds. The number of carboxylic acids is 1. The fraction of sp³-hybridized carbons (Fsp3) is 0.200. The lowest BCUT2D eigenvalue weighted by atomic mass is 9.85. The van der Waals surface area contributed by atoms with Crippen LogP contribution in [-0.2, 0) is 9.59 Å². The number of carbonyl (C=O) groups excluding carboxylic acids is 2. The normalized spacial score (nSPS) is 20.4. The average molecular weight is 412 g/mol. The molecular formula is C25H20N2O4. The van der Waals surface area contributed by atoms with Gasteiger partial charge in [0.1, 0.15) is 0 Å². The second kappa shape index (κ2) is 7.16. The van der Waals surface area contributed by atoms with Gasteiger partial charge in [-0.05, 0) is 50.1 Å². The molecule has 3 aromatic rings. The standard InChI is InChI=1S/C25H20N2O4/c1-14-6-11-21-19(12-14)20(25(30)31)13-22(26-21)15-7-9-16(10-8-15)27-23(28)17-4-2-3-5-18(17)24(27)29/h2-3,6-13,17-18H,4-5H2,1H3,(H,30,31)/t17-,18+. The first-order valence-electron chi connectivity index (χ1n) is 10.2. The molecule has 2 aromatic carbocycles. The van der Waals surface area contributed by atoms with E-state index in [4.69, 9.17) is 0 Å². The summed E-state index contributed by atoms with van der Waals surface area (Å²) in [5.74, 6) is -1.87. The largest absolute Gasteiger partial charge is 0.478 e. The number of aryl methyl sites for hydroxylation is 1. The Balaban J connectivity index is 1.52. The van der Waals surface area contributed by atoms with Crippen LogP contribution in [0.5, 0.6) is 0 Å². The van der Waals surface area contributed by atoms with Crippen molar-refractivity contribution < 1.29 is 19.5 Å². The minimum atomic E-state index is -1.01. The lowest BCUT2D eigenvalue weighted by Gasteiger charge is -2.15. The molecule has 31 heavy (non-hydrogen) atoms. The van der Waals surface area contributed by atoms with Crippen LogP contribution in [-0.4, -0.2) is 27.9 Å². The van der Waals surface area contributed by atoms with Crippen LogP contribution < -0.4 is 4.90 Å². The summed E-state index contributed by atoms with van der Waals surface area (Å²) in [6.07, 6.45) is 5.13. The predicted octanol–water partition coefficient (Wildman–Crippen LogP) is 4.36. The number of aromatic nitrogens is 1. The Morgan fingerprint density at radius 1 is 0.968 bits per heavy atom. The van der Waals surface area contributed by atoms with E-state index in [-0.39, 0.29) is 29.2 Å². The maximum absolute atomic E-state index is 12.8. The molecule has 1 aliphatic heterocycles. The zero-order valence-electron chi connectivity index (χ0n) is 16.9. The van der Waals surface area contributed by atoms with Gasteiger partial charge in [-0.3, -0.25) is 14.5 Å². The van der Waals surface area contributed by atoms with Crippen molar-refractivity contribution in [3.05, 3.63) is 71.8 Å². The number of hydrogen-bond acceptors (Lipinski definition) is 4. The van der Waals surface area contributed by atoms with Crippen molar-refractivity contribution in [1.82, 2.24) is 4.98 Å². The fourth-order valence-electron chi connectivity index (χ4n) is 4.50. The van der Waals surface area contributed by atoms with E-state index in [2.05, 4.69) is 4.98 Å². The highest BCUT2D eigenvalue weighted by atomic mass is 16.4. The van der Waals surface area contributed by atoms with E-state index >= 15 is 0 Å². The number of rotatable bonds is 3. The van der Waals surface area contributed by atoms with E-state index in [1.54, 1.807) is 30.3 Å². The molecule has 1 N–H and O–H groups in total. The summed E-state index contributed by atoms with van der Waals surface area (Å²) in [5.41, 5.74) is 3.53. The number of nitrogens with zero attached hydrogens (tertiary/aromatic N) is 2. The number of aromatic carboxylic acids is 1. The molecule has 0 spiro atoms. The van der Waals surface area contributed by atoms with E-state index in [0.29, 0.717) is 40.7 Å². The highest BCUT2D eigenvalue weighted by Crippen LogP contribution is 2.38. The summed E-state index contributed by atoms with van der Waals surface area (Å²) in [6, 6.07) is 14.1. The van der Waals surface area contributed by atoms with E-state index in [9.17, 15) is 19.5 Å². The Bertz CT molecular complexity index is 1250. The molecule has 0 bridgehead atoms. The monoisotopic (exact) mass is 412 g/mol. The van der Waals surface area contributed by atoms with Gasteiger partial charge < -0.3 is 5.11 Å². The maximum Gasteiger partial charge on any atom is 0.336 e. The molecule has 2 aliphatic rings. The second-order valence-electron chi connectivity index (χ2n) is 8.10. The van der Waals surface area contributed by atoms with Gasteiger partial charge in [-0.2, -0.15) is 0 Å². The van der Waals surface area contributed by atoms with Crippen LogP contribution in [0.3, 0.4) is 0 Å². The molecule has 0 unspecified atom stereocenters. The van der Waals surface area contributed by atoms with Gasteiger partial charge in [-0.15, -0.1) is 0 Å². The number of benzene rings is 2. The zero-order chi connectivity index (χ0) is 21.7. The molecule has 1 aliphatic carbocycles. The number of allylic oxidation sites excluding steroid dienone is 2. The van der Waals surface area contributed by atoms with Crippen LogP contribution >= 0.6 is 0 Å². The SMILES string of the molecule is Cc1ccc2nc(-c3ccc(N4C(=O)[C@H]5CC=CC[C@H]5C4=O)cc3)cc(C(=O)O)c2c1. The molecule has 154 valence electrons. The fourth-order valence-corrected chi connectivity index (χ4v) is 4.50. The predicted molar refractivity (Wildman–Crippen MR) is 117 cm³/mol. The topological polar surface area (TPSA) is 87.6 Å². The summed E-state index contributed by atoms with van der Waals surface area (Å²) in [7, 11) is 0. The lowest BCUT2D eigenvalue weighted by molar-refractivity contribution is -0.122. The third kappa shape index (κ3) is 3.11. The minimum absolute atomic E-state index is 0.153. The number of fused-ring (bicyclic) bond motifs is 2. The summed E-state index contributed by atoms with van der Waals surface area (Å²) in [5, 5.41) is 10.3. The van der Waals surface area contributed by atoms with Crippen LogP contribution in [0.25, 0.3) is 22.2 Å². The van der Waals surface area contributed by atoms with Crippen molar-refractivity contribution in [2.75, 3.05) is 4.90 Å². The Morgan fingerprint density at radius 3 is 2.23 bits per heavy atom. The lowest BCUT2D eigenvalue weighted by Crippen LogP contribution is -2.30. The highest BCUT2D eigenvalue weighted by molar-refractivity contribution is 6.22. The molecule has 6 heteroatoms. The highest BCUT2D eigenvalue weighted by Gasteiger charge is 2.47. The molecule has 6 nitrogen and oxygen atoms in total. The Hall–Kier alpha value is -3.80. The maximum atomic E-state index is 12.8. The first kappa shape index (κ1) is 19.2. The van der Waals surface area contributed by atoms with Gasteiger partial charge in [0.05, 0.1) is 34.3 Å². The Morgan fingerprint density at radius 2 is 1.61 bits per heavy atom. The van der Waals surface area contributed by atoms with Crippen molar-refractivity contribution in [2.24, 2.45) is 11.8 Å². The van der Waals surface area contributed by atoms with Gasteiger partial charge in [0.25, 0.3) is 0 Å². The minimum Gasteiger partial charge on any atom is -0.478 e. The second-order valence-corrected chi connectivity index (χ2v) is 8.10. The summed E-state index contributed by atoms with van der Waals surface area (Å²) < 4.78 is 0. The number of hydrogen-bond donors (Lipinski definition) is 1. The van der Waals surface area contributed by atoms with E-state index in [1.165, 1.54) is 4.90 Å². The number of imide groups is 1. The molecule has 2 atom stereocenters. The van der Waals surface area contributed by atoms with Gasteiger partial charge in [-0.25, -0.2) is 9.78 Å². The molecule has 5 rings (SSSR count). The van der Waals surface area contributed by atoms with Gasteiger partial charge in [-0.1, -0.05) is 35.9 Å². The van der Waals surface area contributed by atoms with Gasteiger partial charge in [0.2, 0.25) is 11.8 Å². The summed E-state index contributed by atoms with van der Waals surface area (Å²) >= 11 is 0. The van der Waals surface area contributed by atoms with Gasteiger partial charge in [0, 0.05) is 10.9 Å². The van der Waals surface area contributed by atoms with Crippen LogP contribution in [0, 0.1) is 18.8 Å². The molecule has 1 fully saturated rings. The van der Waals surface area contributed by atoms with Crippen molar-refractivity contribution in [2.45, 2.75) is 19.8 Å². The molecule has 2 heterocycles. The van der Waals surface area contributed by atoms with Crippen LogP contribution in [0.15, 0.2) is 60.7 Å². The van der Waals surface area contributed by atoms with Crippen molar-refractivity contribution >= 4 is 34.4 Å². The molecular weight excluding hydrogens is 392 g/mol. The number of pyridine rings is 1. The first-order chi connectivity index (χ1) is 14.9. The van der Waals surface area contributed by atoms with Gasteiger partial charge >= 0.3 is 5.97 Å². The number of anilines is 1. The van der Waals surface area contributed by atoms with Crippen LogP contribution in [0.4, 0.5) is 5.69 Å². The first-order valence-corrected chi connectivity index (χ1v) is 10.2. The molecule has 0 saturated carbocycles. The van der Waals surface area contributed by atoms with Crippen LogP contribution in [0.2, 0.25) is 0 Å². The number of carbonyl (C=O) groups is 3. The quantitative estimate of drug-likeness (QED) is 0.510. The van der Waals surface area contributed by atoms with E-state index in [1.807, 2.05) is 37.3 Å². The van der Waals surface area contributed by atoms with Crippen molar-refractivity contribution in [3.8, 4) is 11.3 Å². The third-order valence-corrected chi connectivity index (χ3v) is 6.12. The van der Waals surface area contributed by atoms with E-state index in [0.717, 1.165) is 5.56 Å². The molecule has 0 radical (unpaired) electrons. The smallest absolute Gasteiger partial charge is 0.336 e. The van der Waals surface area contributed by atoms with Crippen molar-refractivity contribution in [3.63, 3.8) is 0 Å². The third-order valence-electron chi connectivity index (χ3n) is 6.12. The summed E-state index contributed by atoms with van der Waals surface area (Å²) in [4.78, 5) is 43.3. The van der Waals surface area contributed by atoms with E-state index < -0.39 is 5.97 Å². The molecule has 1 saturated heterocycles. The number of carboxylic acid groups (broad SMARTS) is 1. The zero-order valence-corrected chi connectivity index (χ0v) is 16.9.